The lowest BCUT2D eigenvalue weighted by molar-refractivity contribution is -0.120. The molecular formula is C21H18F2N4O2S. The Kier molecular flexibility index (Phi) is 5.99. The second kappa shape index (κ2) is 9.00. The highest BCUT2D eigenvalue weighted by Crippen LogP contribution is 2.31. The van der Waals surface area contributed by atoms with Crippen molar-refractivity contribution in [1.82, 2.24) is 14.5 Å². The Morgan fingerprint density at radius 1 is 1.20 bits per heavy atom. The number of benzene rings is 2. The van der Waals surface area contributed by atoms with Crippen LogP contribution in [-0.2, 0) is 11.3 Å². The van der Waals surface area contributed by atoms with E-state index in [1.54, 1.807) is 24.7 Å². The van der Waals surface area contributed by atoms with E-state index in [1.807, 2.05) is 29.0 Å². The summed E-state index contributed by atoms with van der Waals surface area (Å²) in [5.74, 6) is -1.18. The van der Waals surface area contributed by atoms with Crippen molar-refractivity contribution in [2.45, 2.75) is 13.0 Å². The monoisotopic (exact) mass is 428 g/mol. The molecule has 0 aliphatic heterocycles. The van der Waals surface area contributed by atoms with Gasteiger partial charge in [-0.15, -0.1) is 0 Å². The first-order chi connectivity index (χ1) is 14.6. The van der Waals surface area contributed by atoms with Gasteiger partial charge in [-0.1, -0.05) is 29.5 Å². The van der Waals surface area contributed by atoms with Crippen LogP contribution in [0.4, 0.5) is 13.9 Å². The maximum atomic E-state index is 14.1. The molecule has 0 saturated carbocycles. The Hall–Kier alpha value is -3.33. The molecule has 2 aromatic carbocycles. The van der Waals surface area contributed by atoms with Crippen LogP contribution in [0.25, 0.3) is 10.2 Å². The van der Waals surface area contributed by atoms with Gasteiger partial charge in [-0.05, 0) is 24.6 Å². The third-order valence-electron chi connectivity index (χ3n) is 4.40. The van der Waals surface area contributed by atoms with Crippen LogP contribution in [0.1, 0.15) is 6.42 Å². The number of rotatable bonds is 8. The highest BCUT2D eigenvalue weighted by Gasteiger charge is 2.21. The van der Waals surface area contributed by atoms with Gasteiger partial charge < -0.3 is 9.30 Å². The van der Waals surface area contributed by atoms with Crippen molar-refractivity contribution in [3.63, 3.8) is 0 Å². The van der Waals surface area contributed by atoms with E-state index in [1.165, 1.54) is 11.0 Å². The molecule has 154 valence electrons. The molecule has 30 heavy (non-hydrogen) atoms. The van der Waals surface area contributed by atoms with E-state index in [9.17, 15) is 13.6 Å². The Morgan fingerprint density at radius 3 is 2.80 bits per heavy atom. The van der Waals surface area contributed by atoms with Gasteiger partial charge in [0.25, 0.3) is 5.91 Å². The third kappa shape index (κ3) is 4.62. The largest absolute Gasteiger partial charge is 0.484 e. The standard InChI is InChI=1S/C21H18F2N4O2S/c22-15-11-17(23)20-18(12-15)30-21(25-20)27(9-4-8-26-10-7-24-14-26)19(28)13-29-16-5-2-1-3-6-16/h1-3,5-7,10-12,14H,4,8-9,13H2. The van der Waals surface area contributed by atoms with Crippen LogP contribution in [0.15, 0.2) is 61.2 Å². The van der Waals surface area contributed by atoms with E-state index in [4.69, 9.17) is 4.74 Å². The van der Waals surface area contributed by atoms with Crippen molar-refractivity contribution in [2.75, 3.05) is 18.1 Å². The van der Waals surface area contributed by atoms with Gasteiger partial charge in [0.05, 0.1) is 11.0 Å². The summed E-state index contributed by atoms with van der Waals surface area (Å²) in [6, 6.07) is 11.0. The second-order valence-electron chi connectivity index (χ2n) is 6.53. The summed E-state index contributed by atoms with van der Waals surface area (Å²) < 4.78 is 35.5. The van der Waals surface area contributed by atoms with Crippen molar-refractivity contribution in [2.24, 2.45) is 0 Å². The number of hydrogen-bond acceptors (Lipinski definition) is 5. The lowest BCUT2D eigenvalue weighted by atomic mass is 10.3. The number of para-hydroxylation sites is 1. The van der Waals surface area contributed by atoms with E-state index in [-0.39, 0.29) is 18.0 Å². The number of thiazole rings is 1. The van der Waals surface area contributed by atoms with E-state index in [0.29, 0.717) is 35.1 Å². The normalized spacial score (nSPS) is 11.0. The van der Waals surface area contributed by atoms with Crippen LogP contribution in [-0.4, -0.2) is 33.6 Å². The zero-order valence-electron chi connectivity index (χ0n) is 15.9. The summed E-state index contributed by atoms with van der Waals surface area (Å²) in [5.41, 5.74) is 0.0489. The van der Waals surface area contributed by atoms with Crippen molar-refractivity contribution in [3.05, 3.63) is 72.8 Å². The van der Waals surface area contributed by atoms with Crippen LogP contribution in [0.5, 0.6) is 5.75 Å². The molecule has 0 saturated heterocycles. The molecule has 0 radical (unpaired) electrons. The minimum absolute atomic E-state index is 0.0489. The van der Waals surface area contributed by atoms with Crippen LogP contribution < -0.4 is 9.64 Å². The molecule has 9 heteroatoms. The molecule has 1 amide bonds. The zero-order valence-corrected chi connectivity index (χ0v) is 16.7. The molecule has 0 aliphatic rings. The molecule has 4 aromatic rings. The van der Waals surface area contributed by atoms with E-state index in [2.05, 4.69) is 9.97 Å². The van der Waals surface area contributed by atoms with E-state index in [0.717, 1.165) is 17.4 Å². The molecule has 6 nitrogen and oxygen atoms in total. The minimum atomic E-state index is -0.751. The quantitative estimate of drug-likeness (QED) is 0.421. The molecule has 2 aromatic heterocycles. The Bertz CT molecular complexity index is 1130. The number of fused-ring (bicyclic) bond motifs is 1. The van der Waals surface area contributed by atoms with E-state index < -0.39 is 11.6 Å². The minimum Gasteiger partial charge on any atom is -0.484 e. The number of aryl methyl sites for hydroxylation is 1. The Morgan fingerprint density at radius 2 is 2.03 bits per heavy atom. The number of carbonyl (C=O) groups is 1. The molecular weight excluding hydrogens is 410 g/mol. The Balaban J connectivity index is 1.54. The van der Waals surface area contributed by atoms with Gasteiger partial charge in [-0.3, -0.25) is 9.69 Å². The molecule has 0 atom stereocenters. The third-order valence-corrected chi connectivity index (χ3v) is 5.42. The van der Waals surface area contributed by atoms with Crippen LogP contribution in [0.3, 0.4) is 0 Å². The molecule has 0 aliphatic carbocycles. The summed E-state index contributed by atoms with van der Waals surface area (Å²) in [5, 5.41) is 0.307. The fourth-order valence-corrected chi connectivity index (χ4v) is 4.01. The lowest BCUT2D eigenvalue weighted by Crippen LogP contribution is -2.36. The number of amides is 1. The average Bonchev–Trinajstić information content (AvgIpc) is 3.40. The average molecular weight is 428 g/mol. The van der Waals surface area contributed by atoms with Gasteiger partial charge in [-0.25, -0.2) is 18.7 Å². The number of carbonyl (C=O) groups excluding carboxylic acids is 1. The molecule has 2 heterocycles. The fourth-order valence-electron chi connectivity index (χ4n) is 2.96. The summed E-state index contributed by atoms with van der Waals surface area (Å²) in [7, 11) is 0. The van der Waals surface area contributed by atoms with Gasteiger partial charge in [0.1, 0.15) is 17.1 Å². The topological polar surface area (TPSA) is 60.2 Å². The van der Waals surface area contributed by atoms with Crippen molar-refractivity contribution in [1.29, 1.82) is 0 Å². The summed E-state index contributed by atoms with van der Waals surface area (Å²) in [6.45, 7) is 0.804. The van der Waals surface area contributed by atoms with Crippen LogP contribution >= 0.6 is 11.3 Å². The fraction of sp³-hybridized carbons (Fsp3) is 0.190. The number of nitrogens with zero attached hydrogens (tertiary/aromatic N) is 4. The summed E-state index contributed by atoms with van der Waals surface area (Å²) in [4.78, 5) is 22.6. The van der Waals surface area contributed by atoms with Crippen molar-refractivity contribution < 1.29 is 18.3 Å². The SMILES string of the molecule is O=C(COc1ccccc1)N(CCCn1ccnc1)c1nc2c(F)cc(F)cc2s1. The summed E-state index contributed by atoms with van der Waals surface area (Å²) >= 11 is 1.07. The zero-order chi connectivity index (χ0) is 20.9. The van der Waals surface area contributed by atoms with Gasteiger partial charge in [-0.2, -0.15) is 0 Å². The number of ether oxygens (including phenoxy) is 1. The number of hydrogen-bond donors (Lipinski definition) is 0. The Labute approximate surface area is 175 Å². The second-order valence-corrected chi connectivity index (χ2v) is 7.54. The number of anilines is 1. The lowest BCUT2D eigenvalue weighted by Gasteiger charge is -2.20. The van der Waals surface area contributed by atoms with Gasteiger partial charge in [0.15, 0.2) is 17.6 Å². The smallest absolute Gasteiger partial charge is 0.266 e. The first-order valence-electron chi connectivity index (χ1n) is 9.30. The van der Waals surface area contributed by atoms with Crippen LogP contribution in [0.2, 0.25) is 0 Å². The first kappa shape index (κ1) is 20.0. The molecule has 0 N–H and O–H groups in total. The van der Waals surface area contributed by atoms with Gasteiger partial charge in [0.2, 0.25) is 0 Å². The molecule has 0 bridgehead atoms. The number of imidazole rings is 1. The van der Waals surface area contributed by atoms with E-state index >= 15 is 0 Å². The van der Waals surface area contributed by atoms with Crippen molar-refractivity contribution >= 4 is 32.6 Å². The maximum Gasteiger partial charge on any atom is 0.266 e. The predicted molar refractivity (Wildman–Crippen MR) is 111 cm³/mol. The highest BCUT2D eigenvalue weighted by atomic mass is 32.1. The first-order valence-corrected chi connectivity index (χ1v) is 10.1. The molecule has 0 fully saturated rings. The van der Waals surface area contributed by atoms with Crippen LogP contribution in [0, 0.1) is 11.6 Å². The number of aromatic nitrogens is 3. The maximum absolute atomic E-state index is 14.1. The summed E-state index contributed by atoms with van der Waals surface area (Å²) in [6.07, 6.45) is 5.84. The molecule has 0 unspecified atom stereocenters. The van der Waals surface area contributed by atoms with Gasteiger partial charge in [0, 0.05) is 31.5 Å². The molecule has 4 rings (SSSR count). The predicted octanol–water partition coefficient (Wildman–Crippen LogP) is 4.27. The van der Waals surface area contributed by atoms with Crippen molar-refractivity contribution in [3.8, 4) is 5.75 Å². The number of halogens is 2. The molecule has 0 spiro atoms. The van der Waals surface area contributed by atoms with Gasteiger partial charge >= 0.3 is 0 Å². The highest BCUT2D eigenvalue weighted by molar-refractivity contribution is 7.22.